The molecular formula is C24H26N5O5+. The van der Waals surface area contributed by atoms with Crippen LogP contribution in [0, 0.1) is 0 Å². The smallest absolute Gasteiger partial charge is 0.391 e. The maximum atomic E-state index is 12.8. The van der Waals surface area contributed by atoms with Crippen LogP contribution in [0.4, 0.5) is 10.6 Å². The first kappa shape index (κ1) is 22.0. The average Bonchev–Trinajstić information content (AvgIpc) is 3.22. The number of fused-ring (bicyclic) bond motifs is 1. The minimum Gasteiger partial charge on any atom is -0.411 e. The summed E-state index contributed by atoms with van der Waals surface area (Å²) in [5.41, 5.74) is 1.62. The van der Waals surface area contributed by atoms with Crippen molar-refractivity contribution in [2.24, 2.45) is 0 Å². The van der Waals surface area contributed by atoms with Crippen LogP contribution in [0.2, 0.25) is 0 Å². The number of nitrogens with one attached hydrogen (secondary N) is 2. The van der Waals surface area contributed by atoms with Crippen molar-refractivity contribution in [3.8, 4) is 5.75 Å². The lowest BCUT2D eigenvalue weighted by Gasteiger charge is -2.07. The first-order valence-electron chi connectivity index (χ1n) is 11.0. The zero-order chi connectivity index (χ0) is 23.5. The zero-order valence-electron chi connectivity index (χ0n) is 19.0. The van der Waals surface area contributed by atoms with E-state index in [0.29, 0.717) is 37.3 Å². The van der Waals surface area contributed by atoms with E-state index in [2.05, 4.69) is 27.4 Å². The van der Waals surface area contributed by atoms with Crippen LogP contribution < -0.4 is 20.0 Å². The molecule has 0 unspecified atom stereocenters. The van der Waals surface area contributed by atoms with Gasteiger partial charge in [-0.2, -0.15) is 4.67 Å². The highest BCUT2D eigenvalue weighted by atomic mass is 16.5. The number of amides is 1. The summed E-state index contributed by atoms with van der Waals surface area (Å²) >= 11 is 0. The molecule has 0 spiro atoms. The van der Waals surface area contributed by atoms with Crippen molar-refractivity contribution in [3.63, 3.8) is 0 Å². The van der Waals surface area contributed by atoms with Gasteiger partial charge in [0.2, 0.25) is 0 Å². The number of aromatic nitrogens is 2. The lowest BCUT2D eigenvalue weighted by Crippen LogP contribution is -2.26. The van der Waals surface area contributed by atoms with Crippen LogP contribution in [0.5, 0.6) is 5.75 Å². The third-order valence-corrected chi connectivity index (χ3v) is 5.87. The predicted molar refractivity (Wildman–Crippen MR) is 127 cm³/mol. The van der Waals surface area contributed by atoms with Gasteiger partial charge >= 0.3 is 18.3 Å². The number of hydrogen-bond acceptors (Lipinski definition) is 7. The molecule has 10 nitrogen and oxygen atoms in total. The maximum Gasteiger partial charge on any atom is 0.391 e. The number of anilines is 1. The molecule has 2 N–H and O–H groups in total. The Balaban J connectivity index is 1.24. The van der Waals surface area contributed by atoms with Gasteiger partial charge in [0.05, 0.1) is 24.8 Å². The molecule has 1 saturated carbocycles. The molecule has 1 aliphatic carbocycles. The second-order valence-electron chi connectivity index (χ2n) is 8.53. The summed E-state index contributed by atoms with van der Waals surface area (Å²) in [5.74, 6) is 2.25. The number of carbonyl (C=O) groups is 1. The standard InChI is InChI=1S/C24H25N5O5/c1-24(6-7-24)20-13-21(28-34-20)27-23(30)29-8-5-16-11-18(3-4-19(16)29)33-22-12-17(25-15-26-22)14-32-10-9-31-2/h3-5,8,11-13,15H,6-7,9-10,14H2,1-2H3,(H,27,28,30)/p+1. The lowest BCUT2D eigenvalue weighted by atomic mass is 10.1. The third kappa shape index (κ3) is 4.74. The van der Waals surface area contributed by atoms with E-state index >= 15 is 0 Å². The van der Waals surface area contributed by atoms with Crippen LogP contribution in [0.15, 0.2) is 52.8 Å². The first-order chi connectivity index (χ1) is 16.5. The molecule has 0 saturated heterocycles. The Morgan fingerprint density at radius 3 is 3.00 bits per heavy atom. The summed E-state index contributed by atoms with van der Waals surface area (Å²) in [7, 11) is 1.63. The van der Waals surface area contributed by atoms with Gasteiger partial charge in [-0.25, -0.2) is 10.1 Å². The zero-order valence-corrected chi connectivity index (χ0v) is 19.0. The molecule has 0 bridgehead atoms. The van der Waals surface area contributed by atoms with E-state index in [-0.39, 0.29) is 11.4 Å². The third-order valence-electron chi connectivity index (χ3n) is 5.87. The summed E-state index contributed by atoms with van der Waals surface area (Å²) in [5, 5.41) is 10.7. The molecule has 176 valence electrons. The van der Waals surface area contributed by atoms with Gasteiger partial charge in [-0.15, -0.1) is 0 Å². The Hall–Kier alpha value is -3.85. The van der Waals surface area contributed by atoms with Crippen molar-refractivity contribution in [2.75, 3.05) is 32.2 Å². The Bertz CT molecular complexity index is 1310. The van der Waals surface area contributed by atoms with E-state index in [0.717, 1.165) is 35.2 Å². The number of carbonyl (C=O) groups excluding carboxylic acids is 1. The van der Waals surface area contributed by atoms with Crippen molar-refractivity contribution in [1.29, 1.82) is 0 Å². The number of benzene rings is 1. The van der Waals surface area contributed by atoms with Crippen molar-refractivity contribution >= 4 is 35.0 Å². The van der Waals surface area contributed by atoms with Gasteiger partial charge < -0.3 is 18.7 Å². The van der Waals surface area contributed by atoms with Crippen LogP contribution in [0.3, 0.4) is 0 Å². The summed E-state index contributed by atoms with van der Waals surface area (Å²) in [6, 6.07) is 8.80. The molecule has 2 aliphatic rings. The normalized spacial score (nSPS) is 16.1. The molecule has 10 heteroatoms. The largest absolute Gasteiger partial charge is 0.411 e. The minimum atomic E-state index is -0.317. The van der Waals surface area contributed by atoms with Crippen molar-refractivity contribution in [1.82, 2.24) is 19.7 Å². The van der Waals surface area contributed by atoms with Crippen LogP contribution in [0.1, 0.15) is 25.5 Å². The van der Waals surface area contributed by atoms with Crippen molar-refractivity contribution < 1.29 is 23.5 Å². The molecule has 3 aromatic rings. The predicted octanol–water partition coefficient (Wildman–Crippen LogP) is 2.78. The van der Waals surface area contributed by atoms with Crippen molar-refractivity contribution in [3.05, 3.63) is 54.1 Å². The minimum absolute atomic E-state index is 0.0516. The highest BCUT2D eigenvalue weighted by Crippen LogP contribution is 2.48. The summed E-state index contributed by atoms with van der Waals surface area (Å²) in [6.45, 7) is 3.55. The molecule has 5 rings (SSSR count). The average molecular weight is 465 g/mol. The Morgan fingerprint density at radius 1 is 1.29 bits per heavy atom. The molecule has 34 heavy (non-hydrogen) atoms. The second kappa shape index (κ2) is 9.18. The number of hydrogen-bond donors (Lipinski definition) is 2. The molecule has 1 amide bonds. The van der Waals surface area contributed by atoms with E-state index in [1.165, 1.54) is 4.57 Å². The maximum absolute atomic E-state index is 12.8. The van der Waals surface area contributed by atoms with Gasteiger partial charge in [-0.3, -0.25) is 9.88 Å². The highest BCUT2D eigenvalue weighted by Gasteiger charge is 2.43. The summed E-state index contributed by atoms with van der Waals surface area (Å²) < 4.78 is 27.6. The Morgan fingerprint density at radius 2 is 2.18 bits per heavy atom. The number of rotatable bonds is 8. The van der Waals surface area contributed by atoms with Crippen LogP contribution in [-0.4, -0.2) is 54.9 Å². The number of methoxy groups -OCH3 is 1. The fourth-order valence-corrected chi connectivity index (χ4v) is 3.57. The van der Waals surface area contributed by atoms with E-state index < -0.39 is 0 Å². The quantitative estimate of drug-likeness (QED) is 0.389. The van der Waals surface area contributed by atoms with Gasteiger partial charge in [0, 0.05) is 30.2 Å². The van der Waals surface area contributed by atoms with Gasteiger partial charge in [-0.1, -0.05) is 12.1 Å². The van der Waals surface area contributed by atoms with Crippen LogP contribution >= 0.6 is 0 Å². The molecule has 2 aromatic heterocycles. The molecule has 1 aromatic carbocycles. The van der Waals surface area contributed by atoms with Crippen LogP contribution in [0.25, 0.3) is 10.9 Å². The lowest BCUT2D eigenvalue weighted by molar-refractivity contribution is 0.0812. The van der Waals surface area contributed by atoms with E-state index in [1.54, 1.807) is 37.9 Å². The SMILES string of the molecule is COCCOCC1=CC(Oc2ccc3c(ccn3C(=O)Nc3cc(C4(C)CC4)on3)c2)=[N+]=CN1. The topological polar surface area (TPSA) is 114 Å². The monoisotopic (exact) mass is 464 g/mol. The van der Waals surface area contributed by atoms with Crippen molar-refractivity contribution in [2.45, 2.75) is 25.2 Å². The highest BCUT2D eigenvalue weighted by molar-refractivity contribution is 5.99. The van der Waals surface area contributed by atoms with E-state index in [4.69, 9.17) is 18.7 Å². The Labute approximate surface area is 195 Å². The molecule has 0 radical (unpaired) electrons. The molecule has 1 fully saturated rings. The molecule has 1 aliphatic heterocycles. The Kier molecular flexibility index (Phi) is 5.93. The summed E-state index contributed by atoms with van der Waals surface area (Å²) in [6.07, 6.45) is 7.19. The van der Waals surface area contributed by atoms with E-state index in [9.17, 15) is 4.79 Å². The first-order valence-corrected chi connectivity index (χ1v) is 11.0. The number of ether oxygens (including phenoxy) is 3. The van der Waals surface area contributed by atoms with Gasteiger partial charge in [-0.05, 0) is 37.1 Å². The molecule has 0 atom stereocenters. The fraction of sp³-hybridized carbons (Fsp3) is 0.333. The van der Waals surface area contributed by atoms with Gasteiger partial charge in [0.25, 0.3) is 0 Å². The fourth-order valence-electron chi connectivity index (χ4n) is 3.57. The molecular weight excluding hydrogens is 438 g/mol. The summed E-state index contributed by atoms with van der Waals surface area (Å²) in [4.78, 5) is 12.8. The van der Waals surface area contributed by atoms with Gasteiger partial charge in [0.15, 0.2) is 5.82 Å². The van der Waals surface area contributed by atoms with Gasteiger partial charge in [0.1, 0.15) is 23.8 Å². The number of nitrogens with zero attached hydrogens (tertiary/aromatic N) is 3. The molecule has 3 heterocycles. The second-order valence-corrected chi connectivity index (χ2v) is 8.53. The van der Waals surface area contributed by atoms with Crippen LogP contribution in [-0.2, 0) is 14.9 Å². The van der Waals surface area contributed by atoms with E-state index in [1.807, 2.05) is 18.2 Å².